The van der Waals surface area contributed by atoms with Gasteiger partial charge in [0.15, 0.2) is 4.77 Å². The number of aryl methyl sites for hydroxylation is 1. The monoisotopic (exact) mass is 200 g/mol. The summed E-state index contributed by atoms with van der Waals surface area (Å²) >= 11 is 5.14. The zero-order chi connectivity index (χ0) is 9.84. The SMILES string of the molecule is COCC(C)Cn1c(C)c[nH]c1=S. The number of imidazole rings is 1. The lowest BCUT2D eigenvalue weighted by Gasteiger charge is -2.12. The van der Waals surface area contributed by atoms with E-state index in [0.717, 1.165) is 17.9 Å². The highest BCUT2D eigenvalue weighted by atomic mass is 32.1. The smallest absolute Gasteiger partial charge is 0.177 e. The number of nitrogens with one attached hydrogen (secondary N) is 1. The van der Waals surface area contributed by atoms with E-state index in [-0.39, 0.29) is 0 Å². The van der Waals surface area contributed by atoms with Crippen molar-refractivity contribution >= 4 is 12.2 Å². The minimum atomic E-state index is 0.492. The number of H-pyrrole nitrogens is 1. The normalized spacial score (nSPS) is 13.2. The maximum Gasteiger partial charge on any atom is 0.177 e. The van der Waals surface area contributed by atoms with E-state index in [1.54, 1.807) is 7.11 Å². The molecule has 1 aromatic rings. The maximum atomic E-state index is 5.14. The number of nitrogens with zero attached hydrogens (tertiary/aromatic N) is 1. The number of aromatic amines is 1. The molecule has 3 nitrogen and oxygen atoms in total. The highest BCUT2D eigenvalue weighted by Gasteiger charge is 2.05. The lowest BCUT2D eigenvalue weighted by atomic mass is 10.2. The first-order chi connectivity index (χ1) is 6.15. The second-order valence-corrected chi connectivity index (χ2v) is 3.79. The van der Waals surface area contributed by atoms with Gasteiger partial charge in [-0.25, -0.2) is 0 Å². The van der Waals surface area contributed by atoms with Gasteiger partial charge in [0.25, 0.3) is 0 Å². The van der Waals surface area contributed by atoms with E-state index in [1.807, 2.05) is 13.1 Å². The highest BCUT2D eigenvalue weighted by Crippen LogP contribution is 2.05. The van der Waals surface area contributed by atoms with Gasteiger partial charge in [0.2, 0.25) is 0 Å². The van der Waals surface area contributed by atoms with E-state index >= 15 is 0 Å². The van der Waals surface area contributed by atoms with Gasteiger partial charge in [-0.2, -0.15) is 0 Å². The van der Waals surface area contributed by atoms with Gasteiger partial charge in [0.1, 0.15) is 0 Å². The fourth-order valence-electron chi connectivity index (χ4n) is 1.36. The lowest BCUT2D eigenvalue weighted by molar-refractivity contribution is 0.151. The molecule has 1 N–H and O–H groups in total. The van der Waals surface area contributed by atoms with E-state index in [0.29, 0.717) is 5.92 Å². The third kappa shape index (κ3) is 2.67. The Morgan fingerprint density at radius 1 is 1.69 bits per heavy atom. The van der Waals surface area contributed by atoms with Crippen molar-refractivity contribution in [1.82, 2.24) is 9.55 Å². The van der Waals surface area contributed by atoms with Crippen molar-refractivity contribution in [1.29, 1.82) is 0 Å². The molecule has 1 aromatic heterocycles. The van der Waals surface area contributed by atoms with Crippen LogP contribution in [0.15, 0.2) is 6.20 Å². The van der Waals surface area contributed by atoms with Crippen LogP contribution in [-0.2, 0) is 11.3 Å². The predicted octanol–water partition coefficient (Wildman–Crippen LogP) is 2.14. The summed E-state index contributed by atoms with van der Waals surface area (Å²) in [6.07, 6.45) is 1.93. The number of aromatic nitrogens is 2. The molecule has 0 aliphatic rings. The molecule has 0 aliphatic carbocycles. The number of rotatable bonds is 4. The van der Waals surface area contributed by atoms with Crippen molar-refractivity contribution in [3.63, 3.8) is 0 Å². The quantitative estimate of drug-likeness (QED) is 0.755. The lowest BCUT2D eigenvalue weighted by Crippen LogP contribution is -2.13. The molecule has 0 saturated heterocycles. The van der Waals surface area contributed by atoms with E-state index in [4.69, 9.17) is 17.0 Å². The molecule has 0 bridgehead atoms. The van der Waals surface area contributed by atoms with Gasteiger partial charge >= 0.3 is 0 Å². The maximum absolute atomic E-state index is 5.14. The Labute approximate surface area is 83.7 Å². The molecule has 4 heteroatoms. The van der Waals surface area contributed by atoms with Gasteiger partial charge in [0.05, 0.1) is 6.61 Å². The predicted molar refractivity (Wildman–Crippen MR) is 55.4 cm³/mol. The molecule has 0 radical (unpaired) electrons. The molecule has 0 aliphatic heterocycles. The van der Waals surface area contributed by atoms with Gasteiger partial charge < -0.3 is 14.3 Å². The molecule has 1 rings (SSSR count). The highest BCUT2D eigenvalue weighted by molar-refractivity contribution is 7.71. The van der Waals surface area contributed by atoms with Crippen LogP contribution in [0.5, 0.6) is 0 Å². The fourth-order valence-corrected chi connectivity index (χ4v) is 1.64. The van der Waals surface area contributed by atoms with Crippen molar-refractivity contribution in [2.75, 3.05) is 13.7 Å². The minimum absolute atomic E-state index is 0.492. The van der Waals surface area contributed by atoms with Crippen molar-refractivity contribution in [2.24, 2.45) is 5.92 Å². The molecule has 1 heterocycles. The number of ether oxygens (including phenoxy) is 1. The molecule has 13 heavy (non-hydrogen) atoms. The molecular weight excluding hydrogens is 184 g/mol. The van der Waals surface area contributed by atoms with Crippen molar-refractivity contribution in [2.45, 2.75) is 20.4 Å². The first kappa shape index (κ1) is 10.5. The summed E-state index contributed by atoms with van der Waals surface area (Å²) in [6, 6.07) is 0. The van der Waals surface area contributed by atoms with Gasteiger partial charge in [-0.3, -0.25) is 0 Å². The standard InChI is InChI=1S/C9H16N2OS/c1-7(6-12-3)5-11-8(2)4-10-9(11)13/h4,7H,5-6H2,1-3H3,(H,10,13). The second-order valence-electron chi connectivity index (χ2n) is 3.41. The average Bonchev–Trinajstić information content (AvgIpc) is 2.36. The van der Waals surface area contributed by atoms with E-state index in [9.17, 15) is 0 Å². The van der Waals surface area contributed by atoms with Crippen LogP contribution in [0.25, 0.3) is 0 Å². The van der Waals surface area contributed by atoms with Crippen LogP contribution in [0.2, 0.25) is 0 Å². The minimum Gasteiger partial charge on any atom is -0.384 e. The summed E-state index contributed by atoms with van der Waals surface area (Å²) < 4.78 is 7.96. The molecule has 74 valence electrons. The Hall–Kier alpha value is -0.610. The third-order valence-corrected chi connectivity index (χ3v) is 2.36. The largest absolute Gasteiger partial charge is 0.384 e. The zero-order valence-corrected chi connectivity index (χ0v) is 9.15. The summed E-state index contributed by atoms with van der Waals surface area (Å²) in [5, 5.41) is 0. The van der Waals surface area contributed by atoms with Crippen molar-refractivity contribution in [3.05, 3.63) is 16.7 Å². The first-order valence-corrected chi connectivity index (χ1v) is 4.79. The zero-order valence-electron chi connectivity index (χ0n) is 8.33. The molecule has 1 atom stereocenters. The Kier molecular flexibility index (Phi) is 3.69. The van der Waals surface area contributed by atoms with Crippen molar-refractivity contribution in [3.8, 4) is 0 Å². The average molecular weight is 200 g/mol. The van der Waals surface area contributed by atoms with E-state index < -0.39 is 0 Å². The van der Waals surface area contributed by atoms with Crippen LogP contribution < -0.4 is 0 Å². The van der Waals surface area contributed by atoms with Gasteiger partial charge in [0, 0.05) is 25.5 Å². The van der Waals surface area contributed by atoms with Gasteiger partial charge in [-0.05, 0) is 25.1 Å². The Morgan fingerprint density at radius 2 is 2.38 bits per heavy atom. The van der Waals surface area contributed by atoms with Crippen LogP contribution in [-0.4, -0.2) is 23.3 Å². The van der Waals surface area contributed by atoms with Gasteiger partial charge in [-0.1, -0.05) is 6.92 Å². The van der Waals surface area contributed by atoms with Crippen molar-refractivity contribution < 1.29 is 4.74 Å². The van der Waals surface area contributed by atoms with E-state index in [2.05, 4.69) is 16.5 Å². The fraction of sp³-hybridized carbons (Fsp3) is 0.667. The van der Waals surface area contributed by atoms with Crippen LogP contribution in [0.4, 0.5) is 0 Å². The molecule has 0 amide bonds. The molecule has 0 fully saturated rings. The van der Waals surface area contributed by atoms with Crippen LogP contribution in [0, 0.1) is 17.6 Å². The topological polar surface area (TPSA) is 29.9 Å². The number of hydrogen-bond donors (Lipinski definition) is 1. The Morgan fingerprint density at radius 3 is 2.85 bits per heavy atom. The number of hydrogen-bond acceptors (Lipinski definition) is 2. The third-order valence-electron chi connectivity index (χ3n) is 2.02. The molecule has 0 saturated carbocycles. The summed E-state index contributed by atoms with van der Waals surface area (Å²) in [5.74, 6) is 0.492. The summed E-state index contributed by atoms with van der Waals surface area (Å²) in [5.41, 5.74) is 1.17. The summed E-state index contributed by atoms with van der Waals surface area (Å²) in [4.78, 5) is 3.02. The first-order valence-electron chi connectivity index (χ1n) is 4.39. The second kappa shape index (κ2) is 4.58. The number of methoxy groups -OCH3 is 1. The molecule has 1 unspecified atom stereocenters. The molecular formula is C9H16N2OS. The van der Waals surface area contributed by atoms with Crippen LogP contribution >= 0.6 is 12.2 Å². The summed E-state index contributed by atoms with van der Waals surface area (Å²) in [7, 11) is 1.72. The van der Waals surface area contributed by atoms with Gasteiger partial charge in [-0.15, -0.1) is 0 Å². The van der Waals surface area contributed by atoms with Crippen LogP contribution in [0.1, 0.15) is 12.6 Å². The Bertz CT molecular complexity index is 316. The Balaban J connectivity index is 2.68. The summed E-state index contributed by atoms with van der Waals surface area (Å²) in [6.45, 7) is 5.89. The molecule has 0 spiro atoms. The molecule has 0 aromatic carbocycles. The van der Waals surface area contributed by atoms with Crippen LogP contribution in [0.3, 0.4) is 0 Å². The van der Waals surface area contributed by atoms with E-state index in [1.165, 1.54) is 5.69 Å².